The van der Waals surface area contributed by atoms with Gasteiger partial charge in [-0.05, 0) is 117 Å². The lowest BCUT2D eigenvalue weighted by atomic mass is 9.49. The van der Waals surface area contributed by atoms with Crippen LogP contribution >= 0.6 is 0 Å². The largest absolute Gasteiger partial charge is 0.508 e. The standard InChI is InChI=1S/C30H42NO5/c1-3-31-6-4-5-22(17-31)18-35-29(33)36-20-27-8-21(2)7-26(12-27)19-34-28(32)16-30-13-23-9-24(14-30)11-25(10-23)15-30/h7-8,12,22-25H,2-6,9-11,13-20H2,1H3. The lowest BCUT2D eigenvalue weighted by Crippen LogP contribution is -2.47. The summed E-state index contributed by atoms with van der Waals surface area (Å²) in [6.45, 7) is 10.1. The van der Waals surface area contributed by atoms with Crippen LogP contribution in [0.3, 0.4) is 0 Å². The molecule has 1 unspecified atom stereocenters. The van der Waals surface area contributed by atoms with Crippen LogP contribution in [0.1, 0.15) is 81.4 Å². The molecule has 5 aliphatic rings. The lowest BCUT2D eigenvalue weighted by Gasteiger charge is -2.56. The van der Waals surface area contributed by atoms with Gasteiger partial charge in [0.25, 0.3) is 0 Å². The zero-order valence-electron chi connectivity index (χ0n) is 21.8. The molecule has 1 radical (unpaired) electrons. The Morgan fingerprint density at radius 3 is 2.25 bits per heavy atom. The smallest absolute Gasteiger partial charge is 0.461 e. The average molecular weight is 497 g/mol. The molecular weight excluding hydrogens is 454 g/mol. The van der Waals surface area contributed by atoms with Crippen LogP contribution < -0.4 is 0 Å². The Morgan fingerprint density at radius 1 is 0.972 bits per heavy atom. The van der Waals surface area contributed by atoms with Crippen molar-refractivity contribution >= 4 is 12.1 Å². The molecule has 6 heteroatoms. The summed E-state index contributed by atoms with van der Waals surface area (Å²) in [6.07, 6.45) is 9.89. The minimum Gasteiger partial charge on any atom is -0.461 e. The maximum Gasteiger partial charge on any atom is 0.508 e. The van der Waals surface area contributed by atoms with Gasteiger partial charge in [0, 0.05) is 12.5 Å². The summed E-state index contributed by atoms with van der Waals surface area (Å²) in [4.78, 5) is 27.3. The maximum atomic E-state index is 12.8. The predicted molar refractivity (Wildman–Crippen MR) is 137 cm³/mol. The predicted octanol–water partition coefficient (Wildman–Crippen LogP) is 5.90. The van der Waals surface area contributed by atoms with E-state index in [1.807, 2.05) is 18.2 Å². The monoisotopic (exact) mass is 496 g/mol. The Bertz CT molecular complexity index is 908. The first-order chi connectivity index (χ1) is 17.4. The summed E-state index contributed by atoms with van der Waals surface area (Å²) >= 11 is 0. The van der Waals surface area contributed by atoms with E-state index in [4.69, 9.17) is 14.2 Å². The summed E-state index contributed by atoms with van der Waals surface area (Å²) in [5.74, 6) is 2.77. The highest BCUT2D eigenvalue weighted by atomic mass is 16.7. The van der Waals surface area contributed by atoms with Gasteiger partial charge in [-0.15, -0.1) is 0 Å². The first-order valence-electron chi connectivity index (χ1n) is 14.0. The molecule has 4 bridgehead atoms. The normalized spacial score (nSPS) is 31.3. The third-order valence-electron chi connectivity index (χ3n) is 9.04. The van der Waals surface area contributed by atoms with Crippen molar-refractivity contribution in [1.29, 1.82) is 0 Å². The van der Waals surface area contributed by atoms with Gasteiger partial charge in [0.15, 0.2) is 0 Å². The topological polar surface area (TPSA) is 65.1 Å². The number of piperidine rings is 1. The number of esters is 1. The van der Waals surface area contributed by atoms with Crippen molar-refractivity contribution in [2.24, 2.45) is 29.1 Å². The Hall–Kier alpha value is -2.08. The Morgan fingerprint density at radius 2 is 1.61 bits per heavy atom. The van der Waals surface area contributed by atoms with E-state index in [0.717, 1.165) is 66.9 Å². The number of carbonyl (C=O) groups is 2. The third kappa shape index (κ3) is 6.42. The van der Waals surface area contributed by atoms with Gasteiger partial charge >= 0.3 is 12.1 Å². The van der Waals surface area contributed by atoms with Gasteiger partial charge in [0.1, 0.15) is 13.2 Å². The van der Waals surface area contributed by atoms with Crippen molar-refractivity contribution in [3.05, 3.63) is 41.8 Å². The van der Waals surface area contributed by atoms with E-state index in [2.05, 4.69) is 18.7 Å². The third-order valence-corrected chi connectivity index (χ3v) is 9.04. The molecule has 4 saturated carbocycles. The molecule has 197 valence electrons. The molecule has 0 N–H and O–H groups in total. The average Bonchev–Trinajstić information content (AvgIpc) is 2.84. The molecule has 6 rings (SSSR count). The van der Waals surface area contributed by atoms with Gasteiger partial charge in [0.05, 0.1) is 13.0 Å². The molecule has 0 aromatic heterocycles. The quantitative estimate of drug-likeness (QED) is 0.397. The summed E-state index contributed by atoms with van der Waals surface area (Å²) in [6, 6.07) is 5.72. The van der Waals surface area contributed by atoms with E-state index < -0.39 is 6.16 Å². The molecule has 1 aromatic rings. The fraction of sp³-hybridized carbons (Fsp3) is 0.700. The Balaban J connectivity index is 1.06. The summed E-state index contributed by atoms with van der Waals surface area (Å²) in [5.41, 5.74) is 2.68. The van der Waals surface area contributed by atoms with Gasteiger partial charge in [-0.1, -0.05) is 19.1 Å². The minimum absolute atomic E-state index is 0.0860. The molecule has 5 fully saturated rings. The van der Waals surface area contributed by atoms with Gasteiger partial charge in [-0.25, -0.2) is 4.79 Å². The van der Waals surface area contributed by atoms with Gasteiger partial charge in [-0.3, -0.25) is 4.79 Å². The van der Waals surface area contributed by atoms with E-state index in [1.165, 1.54) is 38.5 Å². The van der Waals surface area contributed by atoms with Crippen LogP contribution in [-0.4, -0.2) is 43.3 Å². The number of hydrogen-bond donors (Lipinski definition) is 0. The summed E-state index contributed by atoms with van der Waals surface area (Å²) < 4.78 is 16.5. The molecule has 4 aliphatic carbocycles. The number of benzene rings is 1. The molecule has 1 saturated heterocycles. The van der Waals surface area contributed by atoms with Gasteiger partial charge in [-0.2, -0.15) is 0 Å². The molecule has 1 atom stereocenters. The molecule has 1 aliphatic heterocycles. The van der Waals surface area contributed by atoms with E-state index in [1.54, 1.807) is 0 Å². The minimum atomic E-state index is -0.637. The van der Waals surface area contributed by atoms with Crippen molar-refractivity contribution in [3.8, 4) is 0 Å². The molecular formula is C30H42NO5. The lowest BCUT2D eigenvalue weighted by molar-refractivity contribution is -0.153. The highest BCUT2D eigenvalue weighted by Crippen LogP contribution is 2.61. The second kappa shape index (κ2) is 11.1. The van der Waals surface area contributed by atoms with Gasteiger partial charge < -0.3 is 19.1 Å². The van der Waals surface area contributed by atoms with E-state index >= 15 is 0 Å². The molecule has 36 heavy (non-hydrogen) atoms. The molecule has 0 amide bonds. The number of rotatable bonds is 9. The number of carbonyl (C=O) groups excluding carboxylic acids is 2. The highest BCUT2D eigenvalue weighted by Gasteiger charge is 2.51. The number of nitrogens with zero attached hydrogens (tertiary/aromatic N) is 1. The van der Waals surface area contributed by atoms with Crippen molar-refractivity contribution in [2.45, 2.75) is 77.9 Å². The van der Waals surface area contributed by atoms with Crippen LogP contribution in [0.5, 0.6) is 0 Å². The molecule has 1 heterocycles. The second-order valence-electron chi connectivity index (χ2n) is 12.2. The van der Waals surface area contributed by atoms with Crippen molar-refractivity contribution in [2.75, 3.05) is 26.2 Å². The Labute approximate surface area is 216 Å². The van der Waals surface area contributed by atoms with Gasteiger partial charge in [0.2, 0.25) is 0 Å². The number of hydrogen-bond acceptors (Lipinski definition) is 6. The molecule has 1 aromatic carbocycles. The zero-order valence-corrected chi connectivity index (χ0v) is 21.8. The van der Waals surface area contributed by atoms with Crippen molar-refractivity contribution < 1.29 is 23.8 Å². The maximum absolute atomic E-state index is 12.8. The number of ether oxygens (including phenoxy) is 3. The molecule has 0 spiro atoms. The van der Waals surface area contributed by atoms with E-state index in [0.29, 0.717) is 18.9 Å². The Kier molecular flexibility index (Phi) is 7.90. The fourth-order valence-electron chi connectivity index (χ4n) is 7.98. The highest BCUT2D eigenvalue weighted by molar-refractivity contribution is 5.70. The van der Waals surface area contributed by atoms with E-state index in [9.17, 15) is 9.59 Å². The SMILES string of the molecule is [CH2]c1cc(COC(=O)CC23CC4CC(CC(C4)C2)C3)cc(COC(=O)OCC2CCCN(CC)C2)c1. The van der Waals surface area contributed by atoms with Crippen molar-refractivity contribution in [1.82, 2.24) is 4.90 Å². The van der Waals surface area contributed by atoms with Crippen LogP contribution in [0.15, 0.2) is 18.2 Å². The van der Waals surface area contributed by atoms with Crippen LogP contribution in [0.4, 0.5) is 4.79 Å². The molecule has 6 nitrogen and oxygen atoms in total. The van der Waals surface area contributed by atoms with Crippen LogP contribution in [0, 0.1) is 36.0 Å². The first kappa shape index (κ1) is 25.6. The summed E-state index contributed by atoms with van der Waals surface area (Å²) in [5, 5.41) is 0. The summed E-state index contributed by atoms with van der Waals surface area (Å²) in [7, 11) is 0. The second-order valence-corrected chi connectivity index (χ2v) is 12.2. The fourth-order valence-corrected chi connectivity index (χ4v) is 7.98. The van der Waals surface area contributed by atoms with E-state index in [-0.39, 0.29) is 24.6 Å². The van der Waals surface area contributed by atoms with Crippen LogP contribution in [0.2, 0.25) is 0 Å². The van der Waals surface area contributed by atoms with Crippen LogP contribution in [0.25, 0.3) is 0 Å². The zero-order chi connectivity index (χ0) is 25.1. The van der Waals surface area contributed by atoms with Crippen molar-refractivity contribution in [3.63, 3.8) is 0 Å². The number of likely N-dealkylation sites (tertiary alicyclic amines) is 1. The van der Waals surface area contributed by atoms with Crippen LogP contribution in [-0.2, 0) is 32.2 Å². The first-order valence-corrected chi connectivity index (χ1v) is 14.0.